The SMILES string of the molecule is Cc1ncnn1-c1ccc(Cl)c(Cl)c1.O=S(=O)=CCCCN1CCOCC1. The maximum Gasteiger partial charge on any atom is 0.209 e. The van der Waals surface area contributed by atoms with E-state index in [9.17, 15) is 8.42 Å². The molecule has 148 valence electrons. The molecule has 1 aliphatic heterocycles. The summed E-state index contributed by atoms with van der Waals surface area (Å²) in [6, 6.07) is 5.34. The number of unbranched alkanes of at least 4 members (excludes halogenated alkanes) is 1. The number of benzene rings is 1. The molecule has 0 unspecified atom stereocenters. The molecule has 7 nitrogen and oxygen atoms in total. The van der Waals surface area contributed by atoms with Gasteiger partial charge in [-0.3, -0.25) is 4.90 Å². The van der Waals surface area contributed by atoms with Crippen LogP contribution in [0.3, 0.4) is 0 Å². The van der Waals surface area contributed by atoms with Crippen LogP contribution in [0.4, 0.5) is 0 Å². The molecule has 27 heavy (non-hydrogen) atoms. The van der Waals surface area contributed by atoms with Crippen molar-refractivity contribution in [1.82, 2.24) is 19.7 Å². The number of ether oxygens (including phenoxy) is 1. The van der Waals surface area contributed by atoms with Gasteiger partial charge in [-0.1, -0.05) is 23.2 Å². The van der Waals surface area contributed by atoms with Crippen LogP contribution in [0.5, 0.6) is 0 Å². The molecule has 0 N–H and O–H groups in total. The molecular weight excluding hydrogens is 411 g/mol. The van der Waals surface area contributed by atoms with Crippen molar-refractivity contribution < 1.29 is 13.2 Å². The van der Waals surface area contributed by atoms with Gasteiger partial charge in [-0.2, -0.15) is 13.5 Å². The number of aromatic nitrogens is 3. The fourth-order valence-corrected chi connectivity index (χ4v) is 3.14. The highest BCUT2D eigenvalue weighted by molar-refractivity contribution is 7.71. The fourth-order valence-electron chi connectivity index (χ4n) is 2.49. The van der Waals surface area contributed by atoms with Crippen molar-refractivity contribution >= 4 is 38.9 Å². The molecule has 1 fully saturated rings. The Hall–Kier alpha value is -1.45. The number of halogens is 2. The van der Waals surface area contributed by atoms with Gasteiger partial charge in [0, 0.05) is 18.5 Å². The minimum Gasteiger partial charge on any atom is -0.379 e. The Morgan fingerprint density at radius 2 is 1.96 bits per heavy atom. The van der Waals surface area contributed by atoms with Crippen LogP contribution in [0.2, 0.25) is 10.0 Å². The first-order valence-corrected chi connectivity index (χ1v) is 10.4. The third-order valence-corrected chi connectivity index (χ3v) is 5.15. The minimum absolute atomic E-state index is 0.513. The zero-order valence-electron chi connectivity index (χ0n) is 15.0. The number of rotatable bonds is 5. The van der Waals surface area contributed by atoms with Gasteiger partial charge in [-0.15, -0.1) is 0 Å². The quantitative estimate of drug-likeness (QED) is 0.533. The van der Waals surface area contributed by atoms with Crippen molar-refractivity contribution in [3.8, 4) is 5.69 Å². The molecule has 3 rings (SSSR count). The lowest BCUT2D eigenvalue weighted by molar-refractivity contribution is 0.0377. The van der Waals surface area contributed by atoms with Crippen molar-refractivity contribution in [2.75, 3.05) is 32.8 Å². The molecule has 10 heteroatoms. The molecular formula is C17H22Cl2N4O3S. The molecule has 0 spiro atoms. The summed E-state index contributed by atoms with van der Waals surface area (Å²) in [7, 11) is -1.99. The van der Waals surface area contributed by atoms with Gasteiger partial charge >= 0.3 is 0 Å². The highest BCUT2D eigenvalue weighted by Crippen LogP contribution is 2.24. The third-order valence-electron chi connectivity index (χ3n) is 3.90. The summed E-state index contributed by atoms with van der Waals surface area (Å²) in [5.41, 5.74) is 0.856. The standard InChI is InChI=1S/C9H7Cl2N3.C8H15NO3S/c1-6-12-5-13-14(6)7-2-3-8(10)9(11)4-7;10-13(11)8-2-1-3-9-4-6-12-7-5-9/h2-5H,1H3;8H,1-7H2. The summed E-state index contributed by atoms with van der Waals surface area (Å²) in [6.45, 7) is 6.39. The van der Waals surface area contributed by atoms with Gasteiger partial charge in [0.15, 0.2) is 0 Å². The maximum absolute atomic E-state index is 10.2. The molecule has 2 aromatic rings. The van der Waals surface area contributed by atoms with Crippen molar-refractivity contribution in [3.63, 3.8) is 0 Å². The second-order valence-corrected chi connectivity index (χ2v) is 7.51. The van der Waals surface area contributed by atoms with Crippen LogP contribution in [0.25, 0.3) is 5.69 Å². The van der Waals surface area contributed by atoms with Crippen molar-refractivity contribution in [2.45, 2.75) is 19.8 Å². The average Bonchev–Trinajstić information content (AvgIpc) is 3.08. The Labute approximate surface area is 170 Å². The number of hydrogen-bond donors (Lipinski definition) is 0. The van der Waals surface area contributed by atoms with Crippen LogP contribution in [0, 0.1) is 6.92 Å². The zero-order chi connectivity index (χ0) is 19.6. The minimum atomic E-state index is -1.99. The van der Waals surface area contributed by atoms with E-state index in [1.807, 2.05) is 13.0 Å². The molecule has 0 saturated carbocycles. The van der Waals surface area contributed by atoms with E-state index in [2.05, 4.69) is 15.0 Å². The predicted molar refractivity (Wildman–Crippen MR) is 108 cm³/mol. The Morgan fingerprint density at radius 1 is 1.22 bits per heavy atom. The van der Waals surface area contributed by atoms with Gasteiger partial charge in [0.2, 0.25) is 10.3 Å². The van der Waals surface area contributed by atoms with E-state index in [1.54, 1.807) is 16.8 Å². The Kier molecular flexibility index (Phi) is 9.23. The van der Waals surface area contributed by atoms with E-state index < -0.39 is 10.3 Å². The largest absolute Gasteiger partial charge is 0.379 e. The second kappa shape index (κ2) is 11.4. The summed E-state index contributed by atoms with van der Waals surface area (Å²) in [5, 5.41) is 6.43. The summed E-state index contributed by atoms with van der Waals surface area (Å²) in [5.74, 6) is 0.809. The van der Waals surface area contributed by atoms with Gasteiger partial charge in [0.05, 0.1) is 28.9 Å². The molecule has 2 heterocycles. The highest BCUT2D eigenvalue weighted by atomic mass is 35.5. The third kappa shape index (κ3) is 7.59. The Bertz CT molecular complexity index is 857. The number of aryl methyl sites for hydroxylation is 1. The van der Waals surface area contributed by atoms with E-state index in [4.69, 9.17) is 27.9 Å². The molecule has 1 aromatic carbocycles. The summed E-state index contributed by atoms with van der Waals surface area (Å²) in [6.07, 6.45) is 3.05. The lowest BCUT2D eigenvalue weighted by Crippen LogP contribution is -2.36. The summed E-state index contributed by atoms with van der Waals surface area (Å²) < 4.78 is 27.2. The molecule has 1 saturated heterocycles. The first-order valence-electron chi connectivity index (χ1n) is 8.51. The Morgan fingerprint density at radius 3 is 2.56 bits per heavy atom. The predicted octanol–water partition coefficient (Wildman–Crippen LogP) is 2.66. The van der Waals surface area contributed by atoms with Crippen LogP contribution in [0.15, 0.2) is 24.5 Å². The van der Waals surface area contributed by atoms with E-state index in [-0.39, 0.29) is 0 Å². The number of hydrogen-bond acceptors (Lipinski definition) is 6. The molecule has 1 aliphatic rings. The first-order chi connectivity index (χ1) is 13.0. The average molecular weight is 433 g/mol. The van der Waals surface area contributed by atoms with Crippen LogP contribution in [-0.4, -0.2) is 66.3 Å². The van der Waals surface area contributed by atoms with Crippen LogP contribution >= 0.6 is 23.2 Å². The van der Waals surface area contributed by atoms with E-state index >= 15 is 0 Å². The molecule has 0 bridgehead atoms. The van der Waals surface area contributed by atoms with Crippen molar-refractivity contribution in [2.24, 2.45) is 0 Å². The molecule has 1 aromatic heterocycles. The van der Waals surface area contributed by atoms with Crippen molar-refractivity contribution in [3.05, 3.63) is 40.4 Å². The molecule has 0 amide bonds. The lowest BCUT2D eigenvalue weighted by atomic mass is 10.3. The highest BCUT2D eigenvalue weighted by Gasteiger charge is 2.08. The number of morpholine rings is 1. The Balaban J connectivity index is 0.000000194. The van der Waals surface area contributed by atoms with Crippen LogP contribution < -0.4 is 0 Å². The van der Waals surface area contributed by atoms with E-state index in [0.717, 1.165) is 50.8 Å². The molecule has 0 aliphatic carbocycles. The van der Waals surface area contributed by atoms with Gasteiger partial charge in [-0.05, 0) is 44.5 Å². The van der Waals surface area contributed by atoms with Gasteiger partial charge < -0.3 is 4.74 Å². The van der Waals surface area contributed by atoms with E-state index in [0.29, 0.717) is 16.5 Å². The normalized spacial score (nSPS) is 14.3. The van der Waals surface area contributed by atoms with Gasteiger partial charge in [0.25, 0.3) is 0 Å². The zero-order valence-corrected chi connectivity index (χ0v) is 17.3. The summed E-state index contributed by atoms with van der Waals surface area (Å²) >= 11 is 11.7. The second-order valence-electron chi connectivity index (χ2n) is 5.84. The first kappa shape index (κ1) is 21.8. The van der Waals surface area contributed by atoms with Crippen LogP contribution in [0.1, 0.15) is 18.7 Å². The van der Waals surface area contributed by atoms with Crippen LogP contribution in [-0.2, 0) is 15.0 Å². The molecule has 0 atom stereocenters. The van der Waals surface area contributed by atoms with Gasteiger partial charge in [0.1, 0.15) is 12.2 Å². The maximum atomic E-state index is 10.2. The molecule has 0 radical (unpaired) electrons. The lowest BCUT2D eigenvalue weighted by Gasteiger charge is -2.26. The monoisotopic (exact) mass is 432 g/mol. The van der Waals surface area contributed by atoms with Crippen molar-refractivity contribution in [1.29, 1.82) is 0 Å². The topological polar surface area (TPSA) is 77.3 Å². The summed E-state index contributed by atoms with van der Waals surface area (Å²) in [4.78, 5) is 6.32. The smallest absolute Gasteiger partial charge is 0.209 e. The fraction of sp³-hybridized carbons (Fsp3) is 0.471. The number of nitrogens with zero attached hydrogens (tertiary/aromatic N) is 4. The van der Waals surface area contributed by atoms with Gasteiger partial charge in [-0.25, -0.2) is 9.67 Å². The van der Waals surface area contributed by atoms with E-state index in [1.165, 1.54) is 11.7 Å².